The normalized spacial score (nSPS) is 12.9. The molecule has 1 heterocycles. The Hall–Kier alpha value is -1.85. The second kappa shape index (κ2) is 6.10. The fourth-order valence-corrected chi connectivity index (χ4v) is 2.56. The van der Waals surface area contributed by atoms with Crippen molar-refractivity contribution in [2.45, 2.75) is 12.7 Å². The third kappa shape index (κ3) is 4.32. The van der Waals surface area contributed by atoms with Crippen molar-refractivity contribution < 1.29 is 26.0 Å². The van der Waals surface area contributed by atoms with Crippen LogP contribution in [0.3, 0.4) is 0 Å². The van der Waals surface area contributed by atoms with E-state index in [1.165, 1.54) is 9.29 Å². The molecule has 22 heavy (non-hydrogen) atoms. The second-order valence-corrected chi connectivity index (χ2v) is 5.91. The molecule has 0 atom stereocenters. The van der Waals surface area contributed by atoms with Crippen LogP contribution >= 0.6 is 0 Å². The minimum atomic E-state index is -4.65. The maximum atomic E-state index is 11.9. The first-order valence-corrected chi connectivity index (χ1v) is 7.56. The highest BCUT2D eigenvalue weighted by Gasteiger charge is 2.29. The number of fused-ring (bicyclic) bond motifs is 1. The van der Waals surface area contributed by atoms with E-state index in [9.17, 15) is 26.4 Å². The molecule has 2 aromatic rings. The molecule has 0 aliphatic heterocycles. The van der Waals surface area contributed by atoms with Gasteiger partial charge in [-0.2, -0.15) is 26.3 Å². The number of benzene rings is 1. The number of rotatable bonds is 6. The fraction of sp³-hybridized carbons (Fsp3) is 0.364. The monoisotopic (exact) mass is 339 g/mol. The topological polar surface area (TPSA) is 93.3 Å². The predicted octanol–water partition coefficient (Wildman–Crippen LogP) is 0.581. The molecule has 11 heteroatoms. The summed E-state index contributed by atoms with van der Waals surface area (Å²) in [5.74, 6) is -0.677. The van der Waals surface area contributed by atoms with E-state index in [4.69, 9.17) is 4.42 Å². The average Bonchev–Trinajstić information content (AvgIpc) is 2.72. The van der Waals surface area contributed by atoms with E-state index >= 15 is 0 Å². The van der Waals surface area contributed by atoms with E-state index in [0.717, 1.165) is 0 Å². The first-order valence-electron chi connectivity index (χ1n) is 6.07. The molecule has 2 N–H and O–H groups in total. The zero-order chi connectivity index (χ0) is 16.4. The van der Waals surface area contributed by atoms with Crippen molar-refractivity contribution >= 4 is 21.3 Å². The molecule has 0 bridgehead atoms. The molecule has 122 valence electrons. The third-order valence-electron chi connectivity index (χ3n) is 2.66. The molecule has 0 unspecified atom stereocenters. The fourth-order valence-electron chi connectivity index (χ4n) is 1.75. The minimum Gasteiger partial charge on any atom is -0.408 e. The Morgan fingerprint density at radius 2 is 1.86 bits per heavy atom. The van der Waals surface area contributed by atoms with Gasteiger partial charge in [0, 0.05) is 13.1 Å². The smallest absolute Gasteiger partial charge is 0.408 e. The predicted molar refractivity (Wildman–Crippen MR) is 71.5 cm³/mol. The minimum absolute atomic E-state index is 0.0806. The Morgan fingerprint density at radius 1 is 1.18 bits per heavy atom. The van der Waals surface area contributed by atoms with E-state index in [1.54, 1.807) is 24.3 Å². The highest BCUT2D eigenvalue weighted by molar-refractivity contribution is 7.87. The number of halogens is 3. The Balaban J connectivity index is 1.98. The number of hydrogen-bond acceptors (Lipinski definition) is 4. The van der Waals surface area contributed by atoms with Crippen molar-refractivity contribution in [1.29, 1.82) is 0 Å². The largest absolute Gasteiger partial charge is 0.419 e. The van der Waals surface area contributed by atoms with E-state index in [1.807, 2.05) is 4.72 Å². The molecule has 0 fully saturated rings. The lowest BCUT2D eigenvalue weighted by Gasteiger charge is -2.10. The number of nitrogens with zero attached hydrogens (tertiary/aromatic N) is 1. The number of alkyl halides is 3. The van der Waals surface area contributed by atoms with Gasteiger partial charge in [-0.05, 0) is 12.1 Å². The molecule has 1 aromatic carbocycles. The molecule has 7 nitrogen and oxygen atoms in total. The Labute approximate surface area is 122 Å². The first-order chi connectivity index (χ1) is 10.2. The standard InChI is InChI=1S/C11H12F3N3O4S/c12-11(13,14)7-16-22(19,20)15-5-6-17-8-3-1-2-4-9(8)21-10(17)18/h1-4,15-16H,5-7H2. The van der Waals surface area contributed by atoms with Crippen LogP contribution < -0.4 is 15.2 Å². The zero-order valence-electron chi connectivity index (χ0n) is 11.1. The lowest BCUT2D eigenvalue weighted by Crippen LogP contribution is -2.42. The van der Waals surface area contributed by atoms with Crippen molar-refractivity contribution in [3.8, 4) is 0 Å². The van der Waals surface area contributed by atoms with Crippen molar-refractivity contribution in [2.24, 2.45) is 0 Å². The van der Waals surface area contributed by atoms with Crippen LogP contribution in [0.15, 0.2) is 33.5 Å². The summed E-state index contributed by atoms with van der Waals surface area (Å²) in [4.78, 5) is 11.6. The number of oxazole rings is 1. The summed E-state index contributed by atoms with van der Waals surface area (Å²) in [6.45, 7) is -2.02. The molecule has 1 aromatic heterocycles. The maximum Gasteiger partial charge on any atom is 0.419 e. The van der Waals surface area contributed by atoms with E-state index in [2.05, 4.69) is 0 Å². The molecule has 2 rings (SSSR count). The van der Waals surface area contributed by atoms with Gasteiger partial charge in [0.1, 0.15) is 6.54 Å². The molecular formula is C11H12F3N3O4S. The molecular weight excluding hydrogens is 327 g/mol. The van der Waals surface area contributed by atoms with E-state index in [-0.39, 0.29) is 13.1 Å². The second-order valence-electron chi connectivity index (χ2n) is 4.32. The summed E-state index contributed by atoms with van der Waals surface area (Å²) < 4.78 is 67.9. The lowest BCUT2D eigenvalue weighted by atomic mass is 10.3. The van der Waals surface area contributed by atoms with E-state index in [0.29, 0.717) is 11.1 Å². The first kappa shape index (κ1) is 16.5. The Morgan fingerprint density at radius 3 is 2.55 bits per heavy atom. The Bertz CT molecular complexity index is 810. The van der Waals surface area contributed by atoms with Crippen LogP contribution in [0, 0.1) is 0 Å². The van der Waals surface area contributed by atoms with Crippen LogP contribution in [0.5, 0.6) is 0 Å². The summed E-state index contributed by atoms with van der Waals surface area (Å²) in [6.07, 6.45) is -4.65. The van der Waals surface area contributed by atoms with Crippen LogP contribution in [-0.2, 0) is 16.8 Å². The van der Waals surface area contributed by atoms with Crippen LogP contribution in [0.25, 0.3) is 11.1 Å². The van der Waals surface area contributed by atoms with Gasteiger partial charge in [0.2, 0.25) is 0 Å². The van der Waals surface area contributed by atoms with Gasteiger partial charge in [-0.1, -0.05) is 12.1 Å². The number of aromatic nitrogens is 1. The van der Waals surface area contributed by atoms with Crippen LogP contribution in [0.1, 0.15) is 0 Å². The molecule has 0 saturated heterocycles. The van der Waals surface area contributed by atoms with Crippen molar-refractivity contribution in [3.63, 3.8) is 0 Å². The molecule has 0 saturated carbocycles. The summed E-state index contributed by atoms with van der Waals surface area (Å²) in [6, 6.07) is 6.52. The van der Waals surface area contributed by atoms with Gasteiger partial charge in [-0.15, -0.1) is 0 Å². The van der Waals surface area contributed by atoms with Gasteiger partial charge in [-0.25, -0.2) is 9.52 Å². The van der Waals surface area contributed by atoms with Gasteiger partial charge >= 0.3 is 11.9 Å². The van der Waals surface area contributed by atoms with Gasteiger partial charge in [0.05, 0.1) is 5.52 Å². The van der Waals surface area contributed by atoms with Crippen molar-refractivity contribution in [3.05, 3.63) is 34.8 Å². The molecule has 0 aliphatic carbocycles. The van der Waals surface area contributed by atoms with Gasteiger partial charge < -0.3 is 4.42 Å². The highest BCUT2D eigenvalue weighted by atomic mass is 32.2. The summed E-state index contributed by atoms with van der Waals surface area (Å²) in [5.41, 5.74) is 0.806. The quantitative estimate of drug-likeness (QED) is 0.805. The van der Waals surface area contributed by atoms with Gasteiger partial charge in [0.25, 0.3) is 10.2 Å². The van der Waals surface area contributed by atoms with E-state index < -0.39 is 28.7 Å². The van der Waals surface area contributed by atoms with Crippen LogP contribution in [0.2, 0.25) is 0 Å². The SMILES string of the molecule is O=c1oc2ccccc2n1CCNS(=O)(=O)NCC(F)(F)F. The zero-order valence-corrected chi connectivity index (χ0v) is 11.9. The summed E-state index contributed by atoms with van der Waals surface area (Å²) >= 11 is 0. The number of para-hydroxylation sites is 2. The van der Waals surface area contributed by atoms with Crippen LogP contribution in [0.4, 0.5) is 13.2 Å². The summed E-state index contributed by atoms with van der Waals surface area (Å²) in [7, 11) is -4.30. The number of hydrogen-bond donors (Lipinski definition) is 2. The van der Waals surface area contributed by atoms with Gasteiger partial charge in [0.15, 0.2) is 5.58 Å². The highest BCUT2D eigenvalue weighted by Crippen LogP contribution is 2.13. The lowest BCUT2D eigenvalue weighted by molar-refractivity contribution is -0.121. The van der Waals surface area contributed by atoms with Crippen LogP contribution in [-0.4, -0.2) is 32.3 Å². The van der Waals surface area contributed by atoms with Crippen molar-refractivity contribution in [1.82, 2.24) is 14.0 Å². The third-order valence-corrected chi connectivity index (χ3v) is 3.77. The van der Waals surface area contributed by atoms with Crippen molar-refractivity contribution in [2.75, 3.05) is 13.1 Å². The molecule has 0 amide bonds. The average molecular weight is 339 g/mol. The molecule has 0 spiro atoms. The van der Waals surface area contributed by atoms with Gasteiger partial charge in [-0.3, -0.25) is 4.57 Å². The summed E-state index contributed by atoms with van der Waals surface area (Å²) in [5, 5.41) is 0. The Kier molecular flexibility index (Phi) is 4.58. The molecule has 0 radical (unpaired) electrons. The molecule has 0 aliphatic rings. The maximum absolute atomic E-state index is 11.9. The number of nitrogens with one attached hydrogen (secondary N) is 2.